The van der Waals surface area contributed by atoms with Crippen molar-refractivity contribution in [3.05, 3.63) is 0 Å². The number of carbonyl (C=O) groups is 4. The summed E-state index contributed by atoms with van der Waals surface area (Å²) in [6.45, 7) is 7.26. The predicted octanol–water partition coefficient (Wildman–Crippen LogP) is 22.1. The van der Waals surface area contributed by atoms with Crippen molar-refractivity contribution in [2.45, 2.75) is 412 Å². The van der Waals surface area contributed by atoms with E-state index in [0.717, 1.165) is 95.8 Å². The molecule has 3 N–H and O–H groups in total. The van der Waals surface area contributed by atoms with Gasteiger partial charge >= 0.3 is 39.5 Å². The molecule has 5 atom stereocenters. The number of aliphatic hydroxyl groups is 1. The second-order valence-electron chi connectivity index (χ2n) is 27.5. The third-order valence-corrected chi connectivity index (χ3v) is 19.4. The molecular weight excluding hydrogens is 1230 g/mol. The molecule has 0 saturated heterocycles. The Balaban J connectivity index is 5.25. The SMILES string of the molecule is CCCCCCCCCCCCCCCCCC(=O)OC[C@H](COP(=O)(O)OC[C@@H](O)COP(=O)(O)OC[C@@H](COC(=O)CCCCCCCCCCC(C)C)OC(=O)CCCCCCCCCCCCCCC)OC(=O)CCCCCCCCCCCCCCCCC. The number of phosphoric ester groups is 2. The van der Waals surface area contributed by atoms with Crippen molar-refractivity contribution < 1.29 is 80.2 Å². The van der Waals surface area contributed by atoms with Crippen LogP contribution in [0.2, 0.25) is 0 Å². The molecule has 0 aliphatic rings. The zero-order chi connectivity index (χ0) is 69.1. The summed E-state index contributed by atoms with van der Waals surface area (Å²) in [5.41, 5.74) is 0. The van der Waals surface area contributed by atoms with Crippen molar-refractivity contribution in [3.8, 4) is 0 Å². The summed E-state index contributed by atoms with van der Waals surface area (Å²) < 4.78 is 68.5. The highest BCUT2D eigenvalue weighted by Gasteiger charge is 2.30. The van der Waals surface area contributed by atoms with Crippen LogP contribution in [-0.4, -0.2) is 96.7 Å². The highest BCUT2D eigenvalue weighted by molar-refractivity contribution is 7.47. The number of carbonyl (C=O) groups excluding carboxylic acids is 4. The molecule has 0 aliphatic heterocycles. The normalized spacial score (nSPS) is 14.0. The second-order valence-corrected chi connectivity index (χ2v) is 30.4. The molecule has 19 heteroatoms. The zero-order valence-corrected chi connectivity index (χ0v) is 62.9. The van der Waals surface area contributed by atoms with Gasteiger partial charge in [-0.05, 0) is 31.6 Å². The van der Waals surface area contributed by atoms with Crippen LogP contribution >= 0.6 is 15.6 Å². The van der Waals surface area contributed by atoms with Gasteiger partial charge in [-0.3, -0.25) is 37.3 Å². The minimum atomic E-state index is -4.96. The number of hydrogen-bond donors (Lipinski definition) is 3. The Hall–Kier alpha value is -1.94. The minimum Gasteiger partial charge on any atom is -0.462 e. The number of ether oxygens (including phenoxy) is 4. The molecule has 0 aliphatic carbocycles. The van der Waals surface area contributed by atoms with Crippen LogP contribution in [0.1, 0.15) is 394 Å². The molecule has 0 aromatic rings. The van der Waals surface area contributed by atoms with Crippen molar-refractivity contribution in [2.75, 3.05) is 39.6 Å². The molecule has 0 rings (SSSR count). The van der Waals surface area contributed by atoms with E-state index in [4.69, 9.17) is 37.0 Å². The lowest BCUT2D eigenvalue weighted by Gasteiger charge is -2.21. The molecule has 0 fully saturated rings. The topological polar surface area (TPSA) is 237 Å². The summed E-state index contributed by atoms with van der Waals surface area (Å²) in [6.07, 6.45) is 56.7. The molecule has 0 bridgehead atoms. The zero-order valence-electron chi connectivity index (χ0n) is 61.1. The Bertz CT molecular complexity index is 1810. The first kappa shape index (κ1) is 92.1. The van der Waals surface area contributed by atoms with Gasteiger partial charge in [0.2, 0.25) is 0 Å². The summed E-state index contributed by atoms with van der Waals surface area (Å²) in [4.78, 5) is 72.8. The van der Waals surface area contributed by atoms with Gasteiger partial charge in [0.1, 0.15) is 19.3 Å². The standard InChI is InChI=1S/C75H146O17P2/c1-6-9-12-15-18-21-24-27-29-32-34-37-43-48-53-58-72(77)85-64-70(91-75(80)61-56-51-46-39-36-33-30-28-25-22-19-16-13-10-7-2)66-89-93(81,82)87-62-69(76)63-88-94(83,84)90-67-71(65-86-73(78)59-54-49-44-41-40-42-47-52-57-68(4)5)92-74(79)60-55-50-45-38-35-31-26-23-20-17-14-11-8-3/h68-71,76H,6-67H2,1-5H3,(H,81,82)(H,83,84)/t69-,70-,71-/m1/s1. The van der Waals surface area contributed by atoms with Gasteiger partial charge in [0, 0.05) is 25.7 Å². The maximum atomic E-state index is 13.1. The molecular formula is C75H146O17P2. The van der Waals surface area contributed by atoms with E-state index in [9.17, 15) is 43.2 Å². The largest absolute Gasteiger partial charge is 0.472 e. The summed E-state index contributed by atoms with van der Waals surface area (Å²) in [5, 5.41) is 10.6. The third kappa shape index (κ3) is 68.6. The number of unbranched alkanes of at least 4 members (excludes halogenated alkanes) is 47. The van der Waals surface area contributed by atoms with Gasteiger partial charge in [0.25, 0.3) is 0 Å². The molecule has 0 heterocycles. The van der Waals surface area contributed by atoms with Crippen molar-refractivity contribution in [1.29, 1.82) is 0 Å². The van der Waals surface area contributed by atoms with E-state index in [1.807, 2.05) is 0 Å². The molecule has 0 saturated carbocycles. The van der Waals surface area contributed by atoms with Crippen molar-refractivity contribution >= 4 is 39.5 Å². The second kappa shape index (κ2) is 68.2. The Morgan fingerprint density at radius 1 is 0.287 bits per heavy atom. The number of rotatable bonds is 75. The average molecular weight is 1380 g/mol. The fraction of sp³-hybridized carbons (Fsp3) is 0.947. The van der Waals surface area contributed by atoms with E-state index in [2.05, 4.69) is 34.6 Å². The van der Waals surface area contributed by atoms with Gasteiger partial charge in [0.15, 0.2) is 12.2 Å². The first-order valence-electron chi connectivity index (χ1n) is 39.1. The van der Waals surface area contributed by atoms with Crippen LogP contribution in [0.15, 0.2) is 0 Å². The van der Waals surface area contributed by atoms with Gasteiger partial charge in [-0.15, -0.1) is 0 Å². The summed E-state index contributed by atoms with van der Waals surface area (Å²) in [6, 6.07) is 0. The predicted molar refractivity (Wildman–Crippen MR) is 382 cm³/mol. The van der Waals surface area contributed by atoms with Gasteiger partial charge in [0.05, 0.1) is 26.4 Å². The van der Waals surface area contributed by atoms with Crippen molar-refractivity contribution in [3.63, 3.8) is 0 Å². The van der Waals surface area contributed by atoms with E-state index in [-0.39, 0.29) is 25.7 Å². The molecule has 2 unspecified atom stereocenters. The van der Waals surface area contributed by atoms with Crippen molar-refractivity contribution in [2.24, 2.45) is 5.92 Å². The van der Waals surface area contributed by atoms with E-state index in [1.165, 1.54) is 218 Å². The monoisotopic (exact) mass is 1380 g/mol. The summed E-state index contributed by atoms with van der Waals surface area (Å²) >= 11 is 0. The lowest BCUT2D eigenvalue weighted by atomic mass is 10.0. The van der Waals surface area contributed by atoms with Crippen molar-refractivity contribution in [1.82, 2.24) is 0 Å². The molecule has 558 valence electrons. The summed E-state index contributed by atoms with van der Waals surface area (Å²) in [7, 11) is -9.91. The molecule has 0 aromatic heterocycles. The fourth-order valence-electron chi connectivity index (χ4n) is 11.5. The number of hydrogen-bond acceptors (Lipinski definition) is 15. The van der Waals surface area contributed by atoms with Crippen LogP contribution in [0.3, 0.4) is 0 Å². The van der Waals surface area contributed by atoms with Crippen LogP contribution in [0.4, 0.5) is 0 Å². The average Bonchev–Trinajstić information content (AvgIpc) is 1.91. The van der Waals surface area contributed by atoms with E-state index in [0.29, 0.717) is 25.7 Å². The Morgan fingerprint density at radius 3 is 0.723 bits per heavy atom. The maximum absolute atomic E-state index is 13.1. The quantitative estimate of drug-likeness (QED) is 0.0222. The molecule has 0 spiro atoms. The van der Waals surface area contributed by atoms with E-state index in [1.54, 1.807) is 0 Å². The smallest absolute Gasteiger partial charge is 0.462 e. The first-order chi connectivity index (χ1) is 45.5. The van der Waals surface area contributed by atoms with E-state index < -0.39 is 97.5 Å². The lowest BCUT2D eigenvalue weighted by molar-refractivity contribution is -0.161. The molecule has 0 amide bonds. The Morgan fingerprint density at radius 2 is 0.489 bits per heavy atom. The summed E-state index contributed by atoms with van der Waals surface area (Å²) in [5.74, 6) is -1.39. The molecule has 0 aromatic carbocycles. The number of aliphatic hydroxyl groups excluding tert-OH is 1. The van der Waals surface area contributed by atoms with Gasteiger partial charge < -0.3 is 33.8 Å². The Labute approximate surface area is 575 Å². The molecule has 0 radical (unpaired) electrons. The fourth-order valence-corrected chi connectivity index (χ4v) is 13.1. The number of esters is 4. The van der Waals surface area contributed by atoms with Gasteiger partial charge in [-0.1, -0.05) is 343 Å². The first-order valence-corrected chi connectivity index (χ1v) is 42.1. The van der Waals surface area contributed by atoms with Crippen LogP contribution in [0.5, 0.6) is 0 Å². The van der Waals surface area contributed by atoms with Gasteiger partial charge in [-0.2, -0.15) is 0 Å². The van der Waals surface area contributed by atoms with Crippen LogP contribution in [0.25, 0.3) is 0 Å². The highest BCUT2D eigenvalue weighted by atomic mass is 31.2. The maximum Gasteiger partial charge on any atom is 0.472 e. The third-order valence-electron chi connectivity index (χ3n) is 17.5. The molecule has 17 nitrogen and oxygen atoms in total. The molecule has 94 heavy (non-hydrogen) atoms. The minimum absolute atomic E-state index is 0.107. The van der Waals surface area contributed by atoms with Gasteiger partial charge in [-0.25, -0.2) is 9.13 Å². The van der Waals surface area contributed by atoms with Crippen LogP contribution in [-0.2, 0) is 65.4 Å². The Kier molecular flexibility index (Phi) is 66.8. The van der Waals surface area contributed by atoms with E-state index >= 15 is 0 Å². The van der Waals surface area contributed by atoms with Crippen LogP contribution in [0, 0.1) is 5.92 Å². The highest BCUT2D eigenvalue weighted by Crippen LogP contribution is 2.45. The lowest BCUT2D eigenvalue weighted by Crippen LogP contribution is -2.30. The van der Waals surface area contributed by atoms with Crippen LogP contribution < -0.4 is 0 Å². The number of phosphoric acid groups is 2.